The molecule has 2 rings (SSSR count). The van der Waals surface area contributed by atoms with Gasteiger partial charge in [-0.3, -0.25) is 0 Å². The first-order valence-corrected chi connectivity index (χ1v) is 7.50. The van der Waals surface area contributed by atoms with Crippen LogP contribution in [0.2, 0.25) is 0 Å². The molecule has 2 aromatic rings. The summed E-state index contributed by atoms with van der Waals surface area (Å²) in [6.45, 7) is 5.45. The molecule has 1 unspecified atom stereocenters. The van der Waals surface area contributed by atoms with Gasteiger partial charge in [0, 0.05) is 17.1 Å². The zero-order valence-electron chi connectivity index (χ0n) is 11.4. The fourth-order valence-electron chi connectivity index (χ4n) is 2.15. The summed E-state index contributed by atoms with van der Waals surface area (Å²) in [4.78, 5) is 0. The summed E-state index contributed by atoms with van der Waals surface area (Å²) in [6, 6.07) is 19.5. The van der Waals surface area contributed by atoms with E-state index >= 15 is 0 Å². The Morgan fingerprint density at radius 1 is 0.947 bits per heavy atom. The molecular formula is C17H20BrN. The lowest BCUT2D eigenvalue weighted by Crippen LogP contribution is -2.23. The van der Waals surface area contributed by atoms with Crippen LogP contribution in [-0.4, -0.2) is 6.54 Å². The Bertz CT molecular complexity index is 510. The maximum atomic E-state index is 3.60. The summed E-state index contributed by atoms with van der Waals surface area (Å²) in [5, 5.41) is 3.60. The predicted molar refractivity (Wildman–Crippen MR) is 85.4 cm³/mol. The fraction of sp³-hybridized carbons (Fsp3) is 0.294. The van der Waals surface area contributed by atoms with Crippen molar-refractivity contribution in [3.05, 3.63) is 70.2 Å². The highest BCUT2D eigenvalue weighted by Crippen LogP contribution is 2.19. The molecule has 2 heteroatoms. The lowest BCUT2D eigenvalue weighted by molar-refractivity contribution is 0.537. The molecule has 0 fully saturated rings. The minimum atomic E-state index is 0.365. The van der Waals surface area contributed by atoms with Gasteiger partial charge < -0.3 is 5.32 Å². The van der Waals surface area contributed by atoms with Gasteiger partial charge in [-0.15, -0.1) is 0 Å². The first-order chi connectivity index (χ1) is 9.16. The van der Waals surface area contributed by atoms with E-state index in [1.54, 1.807) is 0 Å². The third kappa shape index (κ3) is 4.19. The second-order valence-electron chi connectivity index (χ2n) is 5.00. The van der Waals surface area contributed by atoms with Gasteiger partial charge >= 0.3 is 0 Å². The van der Waals surface area contributed by atoms with Gasteiger partial charge in [0.25, 0.3) is 0 Å². The third-order valence-electron chi connectivity index (χ3n) is 3.45. The van der Waals surface area contributed by atoms with Crippen LogP contribution in [0, 0.1) is 0 Å². The van der Waals surface area contributed by atoms with Crippen molar-refractivity contribution in [1.82, 2.24) is 5.32 Å². The Morgan fingerprint density at radius 3 is 2.32 bits per heavy atom. The van der Waals surface area contributed by atoms with E-state index in [-0.39, 0.29) is 0 Å². The molecule has 100 valence electrons. The summed E-state index contributed by atoms with van der Waals surface area (Å²) < 4.78 is 1.13. The molecule has 0 aliphatic rings. The van der Waals surface area contributed by atoms with Gasteiger partial charge in [-0.2, -0.15) is 0 Å². The molecule has 0 saturated heterocycles. The molecule has 0 bridgehead atoms. The number of hydrogen-bond acceptors (Lipinski definition) is 1. The standard InChI is InChI=1S/C17H20BrN/c1-13(15-7-4-3-5-8-15)12-19-14(2)16-9-6-10-17(18)11-16/h3-11,13-14,19H,12H2,1-2H3/t13?,14-/m1/s1. The van der Waals surface area contributed by atoms with E-state index in [0.29, 0.717) is 12.0 Å². The monoisotopic (exact) mass is 317 g/mol. The quantitative estimate of drug-likeness (QED) is 0.826. The van der Waals surface area contributed by atoms with Crippen LogP contribution in [-0.2, 0) is 0 Å². The van der Waals surface area contributed by atoms with Gasteiger partial charge in [-0.25, -0.2) is 0 Å². The highest BCUT2D eigenvalue weighted by Gasteiger charge is 2.09. The number of hydrogen-bond donors (Lipinski definition) is 1. The van der Waals surface area contributed by atoms with Crippen molar-refractivity contribution >= 4 is 15.9 Å². The number of rotatable bonds is 5. The Hall–Kier alpha value is -1.12. The lowest BCUT2D eigenvalue weighted by Gasteiger charge is -2.18. The summed E-state index contributed by atoms with van der Waals surface area (Å²) in [5.41, 5.74) is 2.70. The first-order valence-electron chi connectivity index (χ1n) is 6.70. The molecule has 0 aliphatic carbocycles. The second-order valence-corrected chi connectivity index (χ2v) is 5.91. The Balaban J connectivity index is 1.92. The molecular weight excluding hydrogens is 298 g/mol. The molecule has 0 aromatic heterocycles. The zero-order valence-corrected chi connectivity index (χ0v) is 13.0. The lowest BCUT2D eigenvalue weighted by atomic mass is 10.0. The Labute approximate surface area is 124 Å². The molecule has 2 atom stereocenters. The summed E-state index contributed by atoms with van der Waals surface area (Å²) in [7, 11) is 0. The largest absolute Gasteiger partial charge is 0.310 e. The molecule has 0 radical (unpaired) electrons. The Morgan fingerprint density at radius 2 is 1.63 bits per heavy atom. The van der Waals surface area contributed by atoms with Crippen LogP contribution in [0.1, 0.15) is 36.9 Å². The van der Waals surface area contributed by atoms with Crippen LogP contribution in [0.3, 0.4) is 0 Å². The van der Waals surface area contributed by atoms with Gasteiger partial charge in [0.1, 0.15) is 0 Å². The summed E-state index contributed by atoms with van der Waals surface area (Å²) in [5.74, 6) is 0.524. The van der Waals surface area contributed by atoms with E-state index in [2.05, 4.69) is 89.7 Å². The molecule has 1 nitrogen and oxygen atoms in total. The maximum Gasteiger partial charge on any atom is 0.0292 e. The normalized spacial score (nSPS) is 14.1. The summed E-state index contributed by atoms with van der Waals surface area (Å²) in [6.07, 6.45) is 0. The van der Waals surface area contributed by atoms with Crippen LogP contribution >= 0.6 is 15.9 Å². The van der Waals surface area contributed by atoms with Gasteiger partial charge in [0.15, 0.2) is 0 Å². The van der Waals surface area contributed by atoms with Gasteiger partial charge in [-0.1, -0.05) is 65.3 Å². The molecule has 19 heavy (non-hydrogen) atoms. The highest BCUT2D eigenvalue weighted by molar-refractivity contribution is 9.10. The van der Waals surface area contributed by atoms with Crippen molar-refractivity contribution in [3.8, 4) is 0 Å². The molecule has 2 aromatic carbocycles. The number of nitrogens with one attached hydrogen (secondary N) is 1. The smallest absolute Gasteiger partial charge is 0.0292 e. The van der Waals surface area contributed by atoms with Crippen molar-refractivity contribution in [2.24, 2.45) is 0 Å². The minimum Gasteiger partial charge on any atom is -0.310 e. The molecule has 0 spiro atoms. The van der Waals surface area contributed by atoms with E-state index in [9.17, 15) is 0 Å². The number of benzene rings is 2. The van der Waals surface area contributed by atoms with Gasteiger partial charge in [0.05, 0.1) is 0 Å². The van der Waals surface area contributed by atoms with E-state index < -0.39 is 0 Å². The van der Waals surface area contributed by atoms with Crippen LogP contribution < -0.4 is 5.32 Å². The number of halogens is 1. The van der Waals surface area contributed by atoms with E-state index in [0.717, 1.165) is 11.0 Å². The van der Waals surface area contributed by atoms with Crippen molar-refractivity contribution in [3.63, 3.8) is 0 Å². The predicted octanol–water partition coefficient (Wildman–Crippen LogP) is 4.90. The minimum absolute atomic E-state index is 0.365. The van der Waals surface area contributed by atoms with Crippen LogP contribution in [0.4, 0.5) is 0 Å². The molecule has 0 heterocycles. The fourth-order valence-corrected chi connectivity index (χ4v) is 2.56. The van der Waals surface area contributed by atoms with E-state index in [1.807, 2.05) is 0 Å². The Kier molecular flexibility index (Phi) is 5.17. The van der Waals surface area contributed by atoms with E-state index in [1.165, 1.54) is 11.1 Å². The average Bonchev–Trinajstić information content (AvgIpc) is 2.45. The SMILES string of the molecule is CC(CN[C@H](C)c1cccc(Br)c1)c1ccccc1. The third-order valence-corrected chi connectivity index (χ3v) is 3.94. The average molecular weight is 318 g/mol. The van der Waals surface area contributed by atoms with Crippen molar-refractivity contribution in [2.75, 3.05) is 6.54 Å². The molecule has 0 amide bonds. The molecule has 1 N–H and O–H groups in total. The molecule has 0 saturated carbocycles. The second kappa shape index (κ2) is 6.88. The summed E-state index contributed by atoms with van der Waals surface area (Å²) >= 11 is 3.52. The van der Waals surface area contributed by atoms with Gasteiger partial charge in [-0.05, 0) is 36.1 Å². The van der Waals surface area contributed by atoms with Crippen LogP contribution in [0.15, 0.2) is 59.1 Å². The topological polar surface area (TPSA) is 12.0 Å². The van der Waals surface area contributed by atoms with Crippen molar-refractivity contribution in [1.29, 1.82) is 0 Å². The van der Waals surface area contributed by atoms with Gasteiger partial charge in [0.2, 0.25) is 0 Å². The van der Waals surface area contributed by atoms with Crippen LogP contribution in [0.25, 0.3) is 0 Å². The highest BCUT2D eigenvalue weighted by atomic mass is 79.9. The van der Waals surface area contributed by atoms with Crippen molar-refractivity contribution < 1.29 is 0 Å². The zero-order chi connectivity index (χ0) is 13.7. The maximum absolute atomic E-state index is 3.60. The molecule has 0 aliphatic heterocycles. The first kappa shape index (κ1) is 14.3. The van der Waals surface area contributed by atoms with Crippen LogP contribution in [0.5, 0.6) is 0 Å². The van der Waals surface area contributed by atoms with E-state index in [4.69, 9.17) is 0 Å². The van der Waals surface area contributed by atoms with Crippen molar-refractivity contribution in [2.45, 2.75) is 25.8 Å².